The Kier molecular flexibility index (Phi) is 7.53. The van der Waals surface area contributed by atoms with E-state index in [2.05, 4.69) is 29.0 Å². The summed E-state index contributed by atoms with van der Waals surface area (Å²) in [4.78, 5) is 18.3. The molecular formula is C15H26N4O2. The zero-order chi connectivity index (χ0) is 15.7. The monoisotopic (exact) mass is 294 g/mol. The van der Waals surface area contributed by atoms with Crippen LogP contribution >= 0.6 is 0 Å². The van der Waals surface area contributed by atoms with Crippen molar-refractivity contribution in [3.63, 3.8) is 0 Å². The topological polar surface area (TPSA) is 80.5 Å². The quantitative estimate of drug-likeness (QED) is 0.678. The number of ether oxygens (including phenoxy) is 1. The van der Waals surface area contributed by atoms with Crippen molar-refractivity contribution in [1.82, 2.24) is 9.88 Å². The number of aromatic nitrogens is 1. The molecule has 1 aromatic rings. The van der Waals surface area contributed by atoms with Gasteiger partial charge < -0.3 is 20.7 Å². The van der Waals surface area contributed by atoms with E-state index in [1.807, 2.05) is 0 Å². The maximum atomic E-state index is 11.8. The van der Waals surface area contributed by atoms with Gasteiger partial charge in [-0.3, -0.25) is 0 Å². The Morgan fingerprint density at radius 1 is 1.38 bits per heavy atom. The first-order valence-corrected chi connectivity index (χ1v) is 7.51. The molecule has 6 heteroatoms. The minimum absolute atomic E-state index is 0.325. The van der Waals surface area contributed by atoms with Crippen LogP contribution in [0.25, 0.3) is 0 Å². The Morgan fingerprint density at radius 3 is 2.76 bits per heavy atom. The zero-order valence-corrected chi connectivity index (χ0v) is 13.2. The van der Waals surface area contributed by atoms with Crippen LogP contribution < -0.4 is 11.1 Å². The number of esters is 1. The van der Waals surface area contributed by atoms with E-state index < -0.39 is 5.97 Å². The number of likely N-dealkylation sites (N-methyl/N-ethyl adjacent to an activating group) is 1. The molecule has 0 unspecified atom stereocenters. The van der Waals surface area contributed by atoms with Crippen LogP contribution in [0.3, 0.4) is 0 Å². The van der Waals surface area contributed by atoms with E-state index in [-0.39, 0.29) is 0 Å². The number of hydrogen-bond donors (Lipinski definition) is 2. The van der Waals surface area contributed by atoms with Crippen molar-refractivity contribution in [1.29, 1.82) is 0 Å². The fourth-order valence-corrected chi connectivity index (χ4v) is 2.03. The number of nitrogen functional groups attached to an aromatic ring is 1. The number of carbonyl (C=O) groups excluding carboxylic acids is 1. The minimum atomic E-state index is -0.415. The molecule has 0 radical (unpaired) electrons. The molecule has 118 valence electrons. The van der Waals surface area contributed by atoms with Crippen LogP contribution in [0.5, 0.6) is 0 Å². The summed E-state index contributed by atoms with van der Waals surface area (Å²) in [5.74, 6) is 0.224. The van der Waals surface area contributed by atoms with Gasteiger partial charge in [-0.25, -0.2) is 9.78 Å². The Hall–Kier alpha value is -1.82. The van der Waals surface area contributed by atoms with E-state index in [0.717, 1.165) is 32.6 Å². The number of nitrogens with zero attached hydrogens (tertiary/aromatic N) is 2. The Labute approximate surface area is 126 Å². The van der Waals surface area contributed by atoms with Gasteiger partial charge in [-0.1, -0.05) is 13.8 Å². The number of nitrogens with one attached hydrogen (secondary N) is 1. The fourth-order valence-electron chi connectivity index (χ4n) is 2.03. The summed E-state index contributed by atoms with van der Waals surface area (Å²) in [5, 5.41) is 3.22. The molecular weight excluding hydrogens is 268 g/mol. The van der Waals surface area contributed by atoms with Gasteiger partial charge >= 0.3 is 5.97 Å². The number of nitrogens with two attached hydrogens (primary N) is 1. The van der Waals surface area contributed by atoms with E-state index in [1.54, 1.807) is 13.0 Å². The standard InChI is InChI=1S/C15H26N4O2/c1-4-8-19(5-2)9-7-17-14-10-12(13(16)11-18-14)15(20)21-6-3/h10-11H,4-9,16H2,1-3H3,(H,17,18). The first-order valence-electron chi connectivity index (χ1n) is 7.51. The van der Waals surface area contributed by atoms with Crippen molar-refractivity contribution >= 4 is 17.5 Å². The molecule has 0 fully saturated rings. The maximum absolute atomic E-state index is 11.8. The molecule has 0 saturated carbocycles. The number of rotatable bonds is 9. The molecule has 0 spiro atoms. The molecule has 0 saturated heterocycles. The van der Waals surface area contributed by atoms with Gasteiger partial charge in [-0.15, -0.1) is 0 Å². The third-order valence-corrected chi connectivity index (χ3v) is 3.15. The Balaban J connectivity index is 2.60. The Bertz CT molecular complexity index is 451. The molecule has 6 nitrogen and oxygen atoms in total. The second kappa shape index (κ2) is 9.18. The first-order chi connectivity index (χ1) is 10.1. The van der Waals surface area contributed by atoms with Crippen molar-refractivity contribution in [2.24, 2.45) is 0 Å². The van der Waals surface area contributed by atoms with Crippen LogP contribution in [-0.4, -0.2) is 48.6 Å². The number of carbonyl (C=O) groups is 1. The highest BCUT2D eigenvalue weighted by atomic mass is 16.5. The molecule has 1 heterocycles. The Morgan fingerprint density at radius 2 is 2.14 bits per heavy atom. The molecule has 0 aliphatic heterocycles. The highest BCUT2D eigenvalue weighted by molar-refractivity contribution is 5.95. The van der Waals surface area contributed by atoms with Crippen molar-refractivity contribution in [2.75, 3.05) is 43.8 Å². The average Bonchev–Trinajstić information content (AvgIpc) is 2.48. The molecule has 0 amide bonds. The van der Waals surface area contributed by atoms with Crippen molar-refractivity contribution < 1.29 is 9.53 Å². The lowest BCUT2D eigenvalue weighted by Gasteiger charge is -2.19. The summed E-state index contributed by atoms with van der Waals surface area (Å²) in [6.45, 7) is 10.2. The number of anilines is 2. The second-order valence-electron chi connectivity index (χ2n) is 4.74. The van der Waals surface area contributed by atoms with Crippen molar-refractivity contribution in [3.8, 4) is 0 Å². The minimum Gasteiger partial charge on any atom is -0.462 e. The highest BCUT2D eigenvalue weighted by Crippen LogP contribution is 2.15. The molecule has 0 bridgehead atoms. The van der Waals surface area contributed by atoms with E-state index in [0.29, 0.717) is 23.7 Å². The smallest absolute Gasteiger partial charge is 0.340 e. The molecule has 1 aromatic heterocycles. The van der Waals surface area contributed by atoms with E-state index in [9.17, 15) is 4.79 Å². The van der Waals surface area contributed by atoms with Gasteiger partial charge in [0.05, 0.1) is 24.1 Å². The van der Waals surface area contributed by atoms with Crippen LogP contribution in [0.2, 0.25) is 0 Å². The molecule has 0 atom stereocenters. The van der Waals surface area contributed by atoms with Crippen LogP contribution in [0.4, 0.5) is 11.5 Å². The third-order valence-electron chi connectivity index (χ3n) is 3.15. The zero-order valence-electron chi connectivity index (χ0n) is 13.2. The summed E-state index contributed by atoms with van der Waals surface area (Å²) in [7, 11) is 0. The fraction of sp³-hybridized carbons (Fsp3) is 0.600. The van der Waals surface area contributed by atoms with E-state index >= 15 is 0 Å². The van der Waals surface area contributed by atoms with Gasteiger partial charge in [0.1, 0.15) is 5.82 Å². The van der Waals surface area contributed by atoms with Gasteiger partial charge in [-0.2, -0.15) is 0 Å². The summed E-state index contributed by atoms with van der Waals surface area (Å²) in [6, 6.07) is 1.64. The summed E-state index contributed by atoms with van der Waals surface area (Å²) in [6.07, 6.45) is 2.62. The van der Waals surface area contributed by atoms with Crippen LogP contribution in [0.1, 0.15) is 37.6 Å². The normalized spacial score (nSPS) is 10.7. The predicted molar refractivity (Wildman–Crippen MR) is 85.5 cm³/mol. The van der Waals surface area contributed by atoms with E-state index in [4.69, 9.17) is 10.5 Å². The molecule has 21 heavy (non-hydrogen) atoms. The largest absolute Gasteiger partial charge is 0.462 e. The number of pyridine rings is 1. The van der Waals surface area contributed by atoms with Gasteiger partial charge in [-0.05, 0) is 32.5 Å². The molecule has 0 aliphatic rings. The van der Waals surface area contributed by atoms with Crippen LogP contribution in [0, 0.1) is 0 Å². The summed E-state index contributed by atoms with van der Waals surface area (Å²) in [5.41, 5.74) is 6.45. The van der Waals surface area contributed by atoms with Crippen LogP contribution in [0.15, 0.2) is 12.3 Å². The van der Waals surface area contributed by atoms with Gasteiger partial charge in [0.2, 0.25) is 0 Å². The van der Waals surface area contributed by atoms with E-state index in [1.165, 1.54) is 6.20 Å². The molecule has 1 rings (SSSR count). The lowest BCUT2D eigenvalue weighted by molar-refractivity contribution is 0.0527. The maximum Gasteiger partial charge on any atom is 0.340 e. The number of hydrogen-bond acceptors (Lipinski definition) is 6. The SMILES string of the molecule is CCCN(CC)CCNc1cc(C(=O)OCC)c(N)cn1. The predicted octanol–water partition coefficient (Wildman–Crippen LogP) is 1.98. The lowest BCUT2D eigenvalue weighted by atomic mass is 10.2. The van der Waals surface area contributed by atoms with Crippen LogP contribution in [-0.2, 0) is 4.74 Å². The average molecular weight is 294 g/mol. The van der Waals surface area contributed by atoms with Gasteiger partial charge in [0.15, 0.2) is 0 Å². The molecule has 3 N–H and O–H groups in total. The third kappa shape index (κ3) is 5.59. The van der Waals surface area contributed by atoms with Gasteiger partial charge in [0, 0.05) is 13.1 Å². The van der Waals surface area contributed by atoms with Crippen molar-refractivity contribution in [2.45, 2.75) is 27.2 Å². The lowest BCUT2D eigenvalue weighted by Crippen LogP contribution is -2.29. The molecule has 0 aliphatic carbocycles. The second-order valence-corrected chi connectivity index (χ2v) is 4.74. The highest BCUT2D eigenvalue weighted by Gasteiger charge is 2.12. The molecule has 0 aromatic carbocycles. The summed E-state index contributed by atoms with van der Waals surface area (Å²) < 4.78 is 4.97. The first kappa shape index (κ1) is 17.2. The van der Waals surface area contributed by atoms with Crippen molar-refractivity contribution in [3.05, 3.63) is 17.8 Å². The van der Waals surface area contributed by atoms with Gasteiger partial charge in [0.25, 0.3) is 0 Å². The summed E-state index contributed by atoms with van der Waals surface area (Å²) >= 11 is 0.